The lowest BCUT2D eigenvalue weighted by Gasteiger charge is -2.16. The molecule has 0 radical (unpaired) electrons. The summed E-state index contributed by atoms with van der Waals surface area (Å²) in [5.74, 6) is 0. The van der Waals surface area contributed by atoms with Crippen molar-refractivity contribution in [1.82, 2.24) is 0 Å². The van der Waals surface area contributed by atoms with Crippen molar-refractivity contribution in [3.8, 4) is 0 Å². The Kier molecular flexibility index (Phi) is 5.26. The Morgan fingerprint density at radius 1 is 0.375 bits per heavy atom. The lowest BCUT2D eigenvalue weighted by Crippen LogP contribution is -1.98. The van der Waals surface area contributed by atoms with Crippen LogP contribution in [0.25, 0.3) is 9.81 Å². The highest BCUT2D eigenvalue weighted by molar-refractivity contribution is 8.11. The van der Waals surface area contributed by atoms with Crippen molar-refractivity contribution in [3.63, 3.8) is 0 Å². The molecule has 0 aromatic heterocycles. The zero-order chi connectivity index (χ0) is 21.3. The van der Waals surface area contributed by atoms with Gasteiger partial charge in [0.25, 0.3) is 0 Å². The van der Waals surface area contributed by atoms with E-state index in [0.29, 0.717) is 10.5 Å². The summed E-state index contributed by atoms with van der Waals surface area (Å²) in [6, 6.07) is 43.8. The van der Waals surface area contributed by atoms with Gasteiger partial charge in [-0.2, -0.15) is 0 Å². The molecule has 0 N–H and O–H groups in total. The third kappa shape index (κ3) is 3.44. The Hall–Kier alpha value is -2.94. The molecule has 0 saturated heterocycles. The molecule has 0 amide bonds. The van der Waals surface area contributed by atoms with E-state index in [9.17, 15) is 0 Å². The fraction of sp³-hybridized carbons (Fsp3) is 0.0667. The van der Waals surface area contributed by atoms with E-state index in [1.807, 2.05) is 23.5 Å². The zero-order valence-corrected chi connectivity index (χ0v) is 19.2. The second-order valence-corrected chi connectivity index (χ2v) is 10.3. The van der Waals surface area contributed by atoms with E-state index in [1.54, 1.807) is 0 Å². The molecule has 0 aliphatic carbocycles. The molecule has 32 heavy (non-hydrogen) atoms. The summed E-state index contributed by atoms with van der Waals surface area (Å²) in [6.07, 6.45) is 0. The summed E-state index contributed by atoms with van der Waals surface area (Å²) in [4.78, 5) is 2.84. The van der Waals surface area contributed by atoms with Crippen LogP contribution in [0.2, 0.25) is 0 Å². The molecule has 0 nitrogen and oxygen atoms in total. The number of thioether (sulfide) groups is 2. The molecule has 4 aromatic rings. The van der Waals surface area contributed by atoms with Crippen molar-refractivity contribution in [3.05, 3.63) is 155 Å². The summed E-state index contributed by atoms with van der Waals surface area (Å²) in [6.45, 7) is 0. The van der Waals surface area contributed by atoms with Crippen LogP contribution in [-0.4, -0.2) is 0 Å². The van der Waals surface area contributed by atoms with Crippen LogP contribution in [-0.2, 0) is 0 Å². The Morgan fingerprint density at radius 3 is 1.03 bits per heavy atom. The van der Waals surface area contributed by atoms with Gasteiger partial charge in [0.05, 0.1) is 10.5 Å². The molecule has 154 valence electrons. The minimum Gasteiger partial charge on any atom is -0.112 e. The van der Waals surface area contributed by atoms with Crippen LogP contribution >= 0.6 is 23.5 Å². The van der Waals surface area contributed by atoms with Crippen LogP contribution < -0.4 is 0 Å². The molecule has 2 heteroatoms. The number of hydrogen-bond donors (Lipinski definition) is 0. The first-order chi connectivity index (χ1) is 15.9. The minimum absolute atomic E-state index is 0.304. The van der Waals surface area contributed by atoms with Gasteiger partial charge >= 0.3 is 0 Å². The lowest BCUT2D eigenvalue weighted by atomic mass is 9.90. The van der Waals surface area contributed by atoms with Crippen molar-refractivity contribution in [2.24, 2.45) is 0 Å². The predicted octanol–water partition coefficient (Wildman–Crippen LogP) is 8.79. The topological polar surface area (TPSA) is 0 Å². The van der Waals surface area contributed by atoms with Crippen LogP contribution in [0.3, 0.4) is 0 Å². The number of hydrogen-bond acceptors (Lipinski definition) is 2. The third-order valence-corrected chi connectivity index (χ3v) is 8.92. The van der Waals surface area contributed by atoms with Crippen molar-refractivity contribution in [2.45, 2.75) is 10.5 Å². The molecule has 2 aliphatic heterocycles. The fourth-order valence-corrected chi connectivity index (χ4v) is 7.78. The molecule has 6 rings (SSSR count). The largest absolute Gasteiger partial charge is 0.112 e. The van der Waals surface area contributed by atoms with E-state index in [4.69, 9.17) is 0 Å². The van der Waals surface area contributed by atoms with Gasteiger partial charge in [0.2, 0.25) is 0 Å². The molecule has 2 heterocycles. The van der Waals surface area contributed by atoms with Gasteiger partial charge in [-0.25, -0.2) is 0 Å². The molecule has 0 fully saturated rings. The molecule has 2 aliphatic rings. The number of rotatable bonds is 4. The maximum atomic E-state index is 2.28. The summed E-state index contributed by atoms with van der Waals surface area (Å²) >= 11 is 4.03. The first kappa shape index (κ1) is 19.7. The summed E-state index contributed by atoms with van der Waals surface area (Å²) in [7, 11) is 0. The van der Waals surface area contributed by atoms with Crippen LogP contribution in [0.15, 0.2) is 132 Å². The van der Waals surface area contributed by atoms with Crippen molar-refractivity contribution < 1.29 is 0 Å². The van der Waals surface area contributed by atoms with Gasteiger partial charge in [-0.05, 0) is 33.4 Å². The number of benzene rings is 4. The van der Waals surface area contributed by atoms with E-state index in [1.165, 1.54) is 43.2 Å². The van der Waals surface area contributed by atoms with E-state index in [2.05, 4.69) is 121 Å². The van der Waals surface area contributed by atoms with Crippen LogP contribution in [0.5, 0.6) is 0 Å². The molecule has 0 spiro atoms. The summed E-state index contributed by atoms with van der Waals surface area (Å²) in [5, 5.41) is 0.607. The average molecular weight is 447 g/mol. The Morgan fingerprint density at radius 2 is 0.688 bits per heavy atom. The van der Waals surface area contributed by atoms with E-state index in [0.717, 1.165) is 0 Å². The highest BCUT2D eigenvalue weighted by Gasteiger charge is 2.43. The first-order valence-electron chi connectivity index (χ1n) is 10.9. The Balaban J connectivity index is 1.61. The minimum atomic E-state index is 0.304. The highest BCUT2D eigenvalue weighted by Crippen LogP contribution is 2.68. The average Bonchev–Trinajstić information content (AvgIpc) is 3.45. The number of fused-ring (bicyclic) bond motifs is 1. The third-order valence-electron chi connectivity index (χ3n) is 6.05. The SMILES string of the molecule is c1ccc(C2=C3C(=C(c4ccccc4)S[C@@H]3c3ccccc3)[C@@H](c3ccccc3)S2)cc1. The molecule has 0 bridgehead atoms. The van der Waals surface area contributed by atoms with Crippen molar-refractivity contribution >= 4 is 33.3 Å². The van der Waals surface area contributed by atoms with Crippen LogP contribution in [0.1, 0.15) is 32.8 Å². The summed E-state index contributed by atoms with van der Waals surface area (Å²) in [5.41, 5.74) is 8.37. The van der Waals surface area contributed by atoms with Crippen LogP contribution in [0.4, 0.5) is 0 Å². The standard InChI is InChI=1S/C30H22S2/c1-5-13-21(14-6-1)27-25-26(29(31-27)23-17-9-3-10-18-23)30(24-19-11-4-12-20-24)32-28(25)22-15-7-2-8-16-22/h1-20,27,30H/t27-,30-/m1/s1. The molecular formula is C30H22S2. The van der Waals surface area contributed by atoms with Crippen molar-refractivity contribution in [1.29, 1.82) is 0 Å². The van der Waals surface area contributed by atoms with E-state index >= 15 is 0 Å². The van der Waals surface area contributed by atoms with Gasteiger partial charge in [-0.15, -0.1) is 23.5 Å². The molecule has 2 atom stereocenters. The van der Waals surface area contributed by atoms with Gasteiger partial charge in [-0.3, -0.25) is 0 Å². The quantitative estimate of drug-likeness (QED) is 0.307. The second kappa shape index (κ2) is 8.54. The van der Waals surface area contributed by atoms with Gasteiger partial charge in [0, 0.05) is 9.81 Å². The van der Waals surface area contributed by atoms with Crippen LogP contribution in [0, 0.1) is 0 Å². The van der Waals surface area contributed by atoms with E-state index in [-0.39, 0.29) is 0 Å². The normalized spacial score (nSPS) is 20.0. The van der Waals surface area contributed by atoms with Gasteiger partial charge < -0.3 is 0 Å². The fourth-order valence-electron chi connectivity index (χ4n) is 4.60. The zero-order valence-electron chi connectivity index (χ0n) is 17.5. The van der Waals surface area contributed by atoms with Gasteiger partial charge in [-0.1, -0.05) is 121 Å². The summed E-state index contributed by atoms with van der Waals surface area (Å²) < 4.78 is 0. The Bertz CT molecular complexity index is 1190. The Labute approximate surface area is 198 Å². The van der Waals surface area contributed by atoms with Crippen molar-refractivity contribution in [2.75, 3.05) is 0 Å². The molecule has 0 saturated carbocycles. The smallest absolute Gasteiger partial charge is 0.0609 e. The van der Waals surface area contributed by atoms with Gasteiger partial charge in [0.1, 0.15) is 0 Å². The highest BCUT2D eigenvalue weighted by atomic mass is 32.2. The van der Waals surface area contributed by atoms with Gasteiger partial charge in [0.15, 0.2) is 0 Å². The molecule has 4 aromatic carbocycles. The lowest BCUT2D eigenvalue weighted by molar-refractivity contribution is 1.09. The monoisotopic (exact) mass is 446 g/mol. The van der Waals surface area contributed by atoms with E-state index < -0.39 is 0 Å². The first-order valence-corrected chi connectivity index (χ1v) is 12.7. The maximum absolute atomic E-state index is 2.28. The maximum Gasteiger partial charge on any atom is 0.0609 e. The molecule has 0 unspecified atom stereocenters. The molecular weight excluding hydrogens is 424 g/mol. The second-order valence-electron chi connectivity index (χ2n) is 8.03. The predicted molar refractivity (Wildman–Crippen MR) is 140 cm³/mol.